The molecule has 8 heteroatoms. The maximum atomic E-state index is 13.5. The van der Waals surface area contributed by atoms with E-state index in [0.717, 1.165) is 36.9 Å². The van der Waals surface area contributed by atoms with E-state index in [1.165, 1.54) is 0 Å². The van der Waals surface area contributed by atoms with E-state index in [9.17, 15) is 18.0 Å². The number of alkyl halides is 3. The lowest BCUT2D eigenvalue weighted by atomic mass is 9.94. The zero-order valence-corrected chi connectivity index (χ0v) is 14.9. The van der Waals surface area contributed by atoms with Crippen molar-refractivity contribution in [3.05, 3.63) is 11.8 Å². The minimum Gasteiger partial charge on any atom is -0.367 e. The fraction of sp³-hybridized carbons (Fsp3) is 0.778. The van der Waals surface area contributed by atoms with Crippen LogP contribution in [0.3, 0.4) is 0 Å². The lowest BCUT2D eigenvalue weighted by Gasteiger charge is -2.33. The molecule has 3 atom stereocenters. The topological polar surface area (TPSA) is 50.2 Å². The predicted octanol–water partition coefficient (Wildman–Crippen LogP) is 3.70. The molecule has 0 aromatic carbocycles. The van der Waals surface area contributed by atoms with Crippen LogP contribution in [0.2, 0.25) is 0 Å². The number of nitrogens with zero attached hydrogens (tertiary/aromatic N) is 3. The van der Waals surface area contributed by atoms with Gasteiger partial charge >= 0.3 is 6.18 Å². The van der Waals surface area contributed by atoms with E-state index in [2.05, 4.69) is 10.4 Å². The zero-order valence-electron chi connectivity index (χ0n) is 14.9. The van der Waals surface area contributed by atoms with Crippen LogP contribution < -0.4 is 5.32 Å². The van der Waals surface area contributed by atoms with Gasteiger partial charge in [-0.2, -0.15) is 18.3 Å². The highest BCUT2D eigenvalue weighted by molar-refractivity contribution is 5.81. The molecule has 4 rings (SSSR count). The molecular weight excluding hydrogens is 345 g/mol. The van der Waals surface area contributed by atoms with Gasteiger partial charge in [0.25, 0.3) is 0 Å². The maximum absolute atomic E-state index is 13.5. The van der Waals surface area contributed by atoms with Crippen molar-refractivity contribution in [1.29, 1.82) is 0 Å². The number of carbonyl (C=O) groups excluding carboxylic acids is 1. The number of fused-ring (bicyclic) bond motifs is 1. The summed E-state index contributed by atoms with van der Waals surface area (Å²) in [7, 11) is 0. The maximum Gasteiger partial charge on any atom is 0.410 e. The van der Waals surface area contributed by atoms with Crippen molar-refractivity contribution in [2.24, 2.45) is 5.92 Å². The van der Waals surface area contributed by atoms with Crippen LogP contribution in [0, 0.1) is 5.92 Å². The summed E-state index contributed by atoms with van der Waals surface area (Å²) in [6.45, 7) is 3.21. The molecule has 5 nitrogen and oxygen atoms in total. The smallest absolute Gasteiger partial charge is 0.367 e. The molecule has 144 valence electrons. The average molecular weight is 370 g/mol. The fourth-order valence-corrected chi connectivity index (χ4v) is 4.14. The van der Waals surface area contributed by atoms with E-state index < -0.39 is 12.2 Å². The molecule has 2 fully saturated rings. The number of aromatic nitrogens is 2. The molecule has 1 amide bonds. The number of halogens is 3. The van der Waals surface area contributed by atoms with Crippen molar-refractivity contribution in [1.82, 2.24) is 14.7 Å². The Morgan fingerprint density at radius 2 is 2.12 bits per heavy atom. The van der Waals surface area contributed by atoms with Crippen molar-refractivity contribution in [3.8, 4) is 0 Å². The van der Waals surface area contributed by atoms with Crippen molar-refractivity contribution < 1.29 is 18.0 Å². The van der Waals surface area contributed by atoms with Gasteiger partial charge in [0.15, 0.2) is 6.04 Å². The molecule has 1 saturated carbocycles. The van der Waals surface area contributed by atoms with Crippen LogP contribution in [0.5, 0.6) is 0 Å². The second-order valence-corrected chi connectivity index (χ2v) is 7.84. The lowest BCUT2D eigenvalue weighted by molar-refractivity contribution is -0.173. The Bertz CT molecular complexity index is 682. The summed E-state index contributed by atoms with van der Waals surface area (Å²) in [6.07, 6.45) is -0.0000807. The number of anilines is 1. The molecule has 0 radical (unpaired) electrons. The molecule has 2 aliphatic heterocycles. The number of amides is 1. The number of piperidine rings is 1. The van der Waals surface area contributed by atoms with Crippen molar-refractivity contribution >= 4 is 11.7 Å². The molecule has 1 aromatic rings. The SMILES string of the molecule is CC[C@@H]1C[C@H](C(F)(F)F)n2nc([C@H]3CCCN(C(=O)C4CC4)C3)cc2N1. The van der Waals surface area contributed by atoms with E-state index in [1.54, 1.807) is 6.07 Å². The van der Waals surface area contributed by atoms with E-state index in [4.69, 9.17) is 0 Å². The van der Waals surface area contributed by atoms with Gasteiger partial charge in [-0.1, -0.05) is 6.92 Å². The minimum atomic E-state index is -4.31. The van der Waals surface area contributed by atoms with Crippen LogP contribution in [0.25, 0.3) is 0 Å². The first kappa shape index (κ1) is 17.7. The normalized spacial score (nSPS) is 29.2. The summed E-state index contributed by atoms with van der Waals surface area (Å²) in [6, 6.07) is -0.0146. The Morgan fingerprint density at radius 3 is 2.77 bits per heavy atom. The first-order valence-electron chi connectivity index (χ1n) is 9.58. The molecule has 1 saturated heterocycles. The van der Waals surface area contributed by atoms with Crippen LogP contribution in [0.1, 0.15) is 63.1 Å². The monoisotopic (exact) mass is 370 g/mol. The number of hydrogen-bond acceptors (Lipinski definition) is 3. The van der Waals surface area contributed by atoms with Crippen LogP contribution in [0.15, 0.2) is 6.07 Å². The van der Waals surface area contributed by atoms with Crippen molar-refractivity contribution in [2.75, 3.05) is 18.4 Å². The third-order valence-corrected chi connectivity index (χ3v) is 5.86. The number of carbonyl (C=O) groups is 1. The Labute approximate surface area is 150 Å². The lowest BCUT2D eigenvalue weighted by Crippen LogP contribution is -2.40. The van der Waals surface area contributed by atoms with Crippen molar-refractivity contribution in [3.63, 3.8) is 0 Å². The summed E-state index contributed by atoms with van der Waals surface area (Å²) in [5.74, 6) is 0.841. The number of rotatable bonds is 3. The fourth-order valence-electron chi connectivity index (χ4n) is 4.14. The highest BCUT2D eigenvalue weighted by Crippen LogP contribution is 2.41. The molecule has 3 aliphatic rings. The largest absolute Gasteiger partial charge is 0.410 e. The highest BCUT2D eigenvalue weighted by atomic mass is 19.4. The van der Waals surface area contributed by atoms with Gasteiger partial charge in [-0.15, -0.1) is 0 Å². The second-order valence-electron chi connectivity index (χ2n) is 7.84. The number of nitrogens with one attached hydrogen (secondary N) is 1. The Morgan fingerprint density at radius 1 is 1.35 bits per heavy atom. The van der Waals surface area contributed by atoms with Gasteiger partial charge < -0.3 is 10.2 Å². The summed E-state index contributed by atoms with van der Waals surface area (Å²) < 4.78 is 41.6. The van der Waals surface area contributed by atoms with Gasteiger partial charge in [-0.3, -0.25) is 4.79 Å². The Balaban J connectivity index is 1.56. The van der Waals surface area contributed by atoms with Crippen LogP contribution in [-0.4, -0.2) is 45.9 Å². The molecule has 26 heavy (non-hydrogen) atoms. The summed E-state index contributed by atoms with van der Waals surface area (Å²) >= 11 is 0. The van der Waals surface area contributed by atoms with Crippen LogP contribution >= 0.6 is 0 Å². The first-order chi connectivity index (χ1) is 12.4. The molecule has 1 N–H and O–H groups in total. The van der Waals surface area contributed by atoms with Crippen molar-refractivity contribution in [2.45, 2.75) is 69.6 Å². The molecular formula is C18H25F3N4O. The van der Waals surface area contributed by atoms with Gasteiger partial charge in [0.1, 0.15) is 5.82 Å². The Hall–Kier alpha value is -1.73. The zero-order chi connectivity index (χ0) is 18.5. The van der Waals surface area contributed by atoms with Gasteiger partial charge in [0.05, 0.1) is 5.69 Å². The van der Waals surface area contributed by atoms with E-state index in [-0.39, 0.29) is 30.2 Å². The predicted molar refractivity (Wildman–Crippen MR) is 90.9 cm³/mol. The summed E-state index contributed by atoms with van der Waals surface area (Å²) in [5, 5.41) is 7.53. The molecule has 1 aliphatic carbocycles. The van der Waals surface area contributed by atoms with Crippen LogP contribution in [0.4, 0.5) is 19.0 Å². The van der Waals surface area contributed by atoms with E-state index in [0.29, 0.717) is 24.5 Å². The first-order valence-corrected chi connectivity index (χ1v) is 9.58. The molecule has 0 bridgehead atoms. The summed E-state index contributed by atoms with van der Waals surface area (Å²) in [5.41, 5.74) is 0.673. The standard InChI is InChI=1S/C18H25F3N4O/c1-2-13-8-15(18(19,20)21)25-16(22-13)9-14(23-25)12-4-3-7-24(10-12)17(26)11-5-6-11/h9,11-13,15,22H,2-8,10H2,1H3/t12-,13+,15+/m0/s1. The quantitative estimate of drug-likeness (QED) is 0.883. The third-order valence-electron chi connectivity index (χ3n) is 5.86. The van der Waals surface area contributed by atoms with Gasteiger partial charge in [-0.25, -0.2) is 4.68 Å². The molecule has 1 aromatic heterocycles. The molecule has 0 spiro atoms. The second kappa shape index (κ2) is 6.46. The molecule has 0 unspecified atom stereocenters. The number of hydrogen-bond donors (Lipinski definition) is 1. The molecule has 3 heterocycles. The van der Waals surface area contributed by atoms with Crippen LogP contribution in [-0.2, 0) is 4.79 Å². The van der Waals surface area contributed by atoms with E-state index >= 15 is 0 Å². The summed E-state index contributed by atoms with van der Waals surface area (Å²) in [4.78, 5) is 14.2. The highest BCUT2D eigenvalue weighted by Gasteiger charge is 2.46. The Kier molecular flexibility index (Phi) is 4.39. The van der Waals surface area contributed by atoms with Gasteiger partial charge in [0.2, 0.25) is 5.91 Å². The average Bonchev–Trinajstić information content (AvgIpc) is 3.38. The van der Waals surface area contributed by atoms with Gasteiger partial charge in [-0.05, 0) is 38.5 Å². The minimum absolute atomic E-state index is 0.00504. The third kappa shape index (κ3) is 3.30. The van der Waals surface area contributed by atoms with Gasteiger partial charge in [0, 0.05) is 37.0 Å². The van der Waals surface area contributed by atoms with E-state index in [1.807, 2.05) is 11.8 Å². The number of likely N-dealkylation sites (tertiary alicyclic amines) is 1.